The summed E-state index contributed by atoms with van der Waals surface area (Å²) in [4.78, 5) is 0. The molecule has 0 saturated heterocycles. The predicted octanol–water partition coefficient (Wildman–Crippen LogP) is 4.99. The second kappa shape index (κ2) is 12.2. The fourth-order valence-corrected chi connectivity index (χ4v) is 3.19. The molecular formula is C20H32I2N2+2. The smallest absolute Gasteiger partial charge is 0.171 e. The van der Waals surface area contributed by atoms with Gasteiger partial charge in [-0.15, -0.1) is 48.0 Å². The van der Waals surface area contributed by atoms with Crippen LogP contribution in [0, 0.1) is 27.7 Å². The summed E-state index contributed by atoms with van der Waals surface area (Å²) in [6, 6.07) is 4.47. The molecule has 0 aromatic carbocycles. The highest BCUT2D eigenvalue weighted by Crippen LogP contribution is 2.03. The van der Waals surface area contributed by atoms with Crippen LogP contribution in [0.1, 0.15) is 47.9 Å². The van der Waals surface area contributed by atoms with Crippen molar-refractivity contribution >= 4 is 48.0 Å². The summed E-state index contributed by atoms with van der Waals surface area (Å²) in [6.45, 7) is 11.0. The molecule has 0 bridgehead atoms. The summed E-state index contributed by atoms with van der Waals surface area (Å²) in [7, 11) is 0. The minimum atomic E-state index is 0. The van der Waals surface area contributed by atoms with Crippen molar-refractivity contribution in [2.45, 2.75) is 66.5 Å². The highest BCUT2D eigenvalue weighted by molar-refractivity contribution is 14.0. The third kappa shape index (κ3) is 8.74. The lowest BCUT2D eigenvalue weighted by Crippen LogP contribution is -2.34. The lowest BCUT2D eigenvalue weighted by molar-refractivity contribution is -0.699. The van der Waals surface area contributed by atoms with Gasteiger partial charge in [-0.25, -0.2) is 9.13 Å². The molecule has 2 aromatic heterocycles. The molecule has 0 aliphatic heterocycles. The van der Waals surface area contributed by atoms with E-state index in [-0.39, 0.29) is 48.0 Å². The molecular weight excluding hydrogens is 522 g/mol. The first-order chi connectivity index (χ1) is 10.5. The fraction of sp³-hybridized carbons (Fsp3) is 0.500. The number of rotatable bonds is 7. The van der Waals surface area contributed by atoms with Gasteiger partial charge in [-0.05, 0) is 52.7 Å². The molecule has 0 spiro atoms. The summed E-state index contributed by atoms with van der Waals surface area (Å²) in [5.41, 5.74) is 5.41. The van der Waals surface area contributed by atoms with Crippen LogP contribution < -0.4 is 9.13 Å². The highest BCUT2D eigenvalue weighted by atomic mass is 127. The molecule has 0 unspecified atom stereocenters. The Labute approximate surface area is 181 Å². The molecule has 4 heteroatoms. The lowest BCUT2D eigenvalue weighted by atomic mass is 10.1. The maximum absolute atomic E-state index is 2.34. The van der Waals surface area contributed by atoms with Crippen LogP contribution in [0.4, 0.5) is 0 Å². The average Bonchev–Trinajstić information content (AvgIpc) is 2.40. The Balaban J connectivity index is 0.00000264. The van der Waals surface area contributed by atoms with E-state index in [0.717, 1.165) is 13.1 Å². The highest BCUT2D eigenvalue weighted by Gasteiger charge is 2.05. The molecule has 0 N–H and O–H groups in total. The molecule has 2 nitrogen and oxygen atoms in total. The minimum Gasteiger partial charge on any atom is -0.205 e. The van der Waals surface area contributed by atoms with E-state index < -0.39 is 0 Å². The molecule has 0 aliphatic carbocycles. The van der Waals surface area contributed by atoms with E-state index in [0.29, 0.717) is 0 Å². The molecule has 2 rings (SSSR count). The van der Waals surface area contributed by atoms with E-state index >= 15 is 0 Å². The molecule has 0 saturated carbocycles. The van der Waals surface area contributed by atoms with Gasteiger partial charge in [0.05, 0.1) is 0 Å². The first-order valence-corrected chi connectivity index (χ1v) is 8.47. The number of hydrogen-bond acceptors (Lipinski definition) is 0. The van der Waals surface area contributed by atoms with Gasteiger partial charge in [0.15, 0.2) is 24.8 Å². The van der Waals surface area contributed by atoms with E-state index in [2.05, 4.69) is 73.7 Å². The van der Waals surface area contributed by atoms with Gasteiger partial charge < -0.3 is 0 Å². The van der Waals surface area contributed by atoms with Crippen LogP contribution in [-0.4, -0.2) is 0 Å². The third-order valence-electron chi connectivity index (χ3n) is 3.97. The summed E-state index contributed by atoms with van der Waals surface area (Å²) in [5, 5.41) is 0. The Morgan fingerprint density at radius 2 is 0.833 bits per heavy atom. The van der Waals surface area contributed by atoms with Crippen LogP contribution in [0.5, 0.6) is 0 Å². The monoisotopic (exact) mass is 554 g/mol. The molecule has 2 heterocycles. The molecule has 0 fully saturated rings. The summed E-state index contributed by atoms with van der Waals surface area (Å²) >= 11 is 0. The number of unbranched alkanes of at least 4 members (excludes halogenated alkanes) is 3. The van der Waals surface area contributed by atoms with Crippen LogP contribution in [0.2, 0.25) is 0 Å². The van der Waals surface area contributed by atoms with E-state index in [1.807, 2.05) is 0 Å². The Morgan fingerprint density at radius 1 is 0.542 bits per heavy atom. The summed E-state index contributed by atoms with van der Waals surface area (Å²) in [5.74, 6) is 0. The van der Waals surface area contributed by atoms with Crippen molar-refractivity contribution in [1.29, 1.82) is 0 Å². The van der Waals surface area contributed by atoms with Crippen LogP contribution in [-0.2, 0) is 13.1 Å². The predicted molar refractivity (Wildman–Crippen MR) is 122 cm³/mol. The van der Waals surface area contributed by atoms with E-state index in [1.54, 1.807) is 0 Å². The van der Waals surface area contributed by atoms with Crippen LogP contribution in [0.15, 0.2) is 36.9 Å². The number of pyridine rings is 2. The molecule has 134 valence electrons. The van der Waals surface area contributed by atoms with Crippen molar-refractivity contribution in [1.82, 2.24) is 0 Å². The zero-order chi connectivity index (χ0) is 15.9. The van der Waals surface area contributed by atoms with E-state index in [1.165, 1.54) is 47.9 Å². The first-order valence-electron chi connectivity index (χ1n) is 8.47. The van der Waals surface area contributed by atoms with Crippen molar-refractivity contribution in [2.24, 2.45) is 0 Å². The Hall–Kier alpha value is -0.240. The number of hydrogen-bond donors (Lipinski definition) is 0. The molecule has 0 aliphatic rings. The zero-order valence-electron chi connectivity index (χ0n) is 15.4. The van der Waals surface area contributed by atoms with Crippen molar-refractivity contribution in [3.8, 4) is 0 Å². The molecule has 0 amide bonds. The Bertz CT molecular complexity index is 531. The number of nitrogens with zero attached hydrogens (tertiary/aromatic N) is 2. The van der Waals surface area contributed by atoms with Gasteiger partial charge in [-0.1, -0.05) is 0 Å². The normalized spacial score (nSPS) is 10.0. The van der Waals surface area contributed by atoms with Gasteiger partial charge >= 0.3 is 0 Å². The van der Waals surface area contributed by atoms with Crippen molar-refractivity contribution in [3.63, 3.8) is 0 Å². The lowest BCUT2D eigenvalue weighted by Gasteiger charge is -2.02. The van der Waals surface area contributed by atoms with Gasteiger partial charge in [0, 0.05) is 35.1 Å². The van der Waals surface area contributed by atoms with Gasteiger partial charge in [-0.2, -0.15) is 0 Å². The van der Waals surface area contributed by atoms with Crippen LogP contribution in [0.25, 0.3) is 0 Å². The number of aryl methyl sites for hydroxylation is 6. The summed E-state index contributed by atoms with van der Waals surface area (Å²) in [6.07, 6.45) is 14.2. The molecule has 0 radical (unpaired) electrons. The van der Waals surface area contributed by atoms with Gasteiger partial charge in [0.25, 0.3) is 0 Å². The van der Waals surface area contributed by atoms with Crippen molar-refractivity contribution in [3.05, 3.63) is 59.2 Å². The minimum absolute atomic E-state index is 0. The van der Waals surface area contributed by atoms with Gasteiger partial charge in [0.2, 0.25) is 0 Å². The zero-order valence-corrected chi connectivity index (χ0v) is 20.1. The Kier molecular flexibility index (Phi) is 12.0. The quantitative estimate of drug-likeness (QED) is 0.259. The van der Waals surface area contributed by atoms with Gasteiger partial charge in [-0.3, -0.25) is 0 Å². The third-order valence-corrected chi connectivity index (χ3v) is 3.97. The largest absolute Gasteiger partial charge is 0.205 e. The summed E-state index contributed by atoms with van der Waals surface area (Å²) < 4.78 is 4.67. The molecule has 0 atom stereocenters. The van der Waals surface area contributed by atoms with Crippen molar-refractivity contribution in [2.75, 3.05) is 0 Å². The second-order valence-corrected chi connectivity index (χ2v) is 6.67. The van der Waals surface area contributed by atoms with Crippen LogP contribution in [0.3, 0.4) is 0 Å². The maximum Gasteiger partial charge on any atom is 0.171 e. The average molecular weight is 554 g/mol. The van der Waals surface area contributed by atoms with Gasteiger partial charge in [0.1, 0.15) is 13.1 Å². The van der Waals surface area contributed by atoms with E-state index in [9.17, 15) is 0 Å². The Morgan fingerprint density at radius 3 is 1.12 bits per heavy atom. The first kappa shape index (κ1) is 23.8. The number of halogens is 2. The molecule has 24 heavy (non-hydrogen) atoms. The maximum atomic E-state index is 2.34. The molecule has 2 aromatic rings. The standard InChI is InChI=1S/C20H30N2.2HI/c1-17-11-18(2)14-21(13-17)9-7-5-6-8-10-22-15-19(3)12-20(4)16-22;;/h11-16H,5-10H2,1-4H3;2*1H/q+2;;. The topological polar surface area (TPSA) is 7.76 Å². The fourth-order valence-electron chi connectivity index (χ4n) is 3.19. The van der Waals surface area contributed by atoms with E-state index in [4.69, 9.17) is 0 Å². The SMILES string of the molecule is Cc1cc(C)c[n+](CCCCCC[n+]2cc(C)cc(C)c2)c1.I.I. The number of aromatic nitrogens is 2. The second-order valence-electron chi connectivity index (χ2n) is 6.67. The van der Waals surface area contributed by atoms with Crippen LogP contribution >= 0.6 is 48.0 Å². The van der Waals surface area contributed by atoms with Crippen molar-refractivity contribution < 1.29 is 9.13 Å².